The Labute approximate surface area is 167 Å². The molecule has 0 heterocycles. The van der Waals surface area contributed by atoms with Gasteiger partial charge in [0.25, 0.3) is 5.91 Å². The van der Waals surface area contributed by atoms with Crippen molar-refractivity contribution in [3.63, 3.8) is 0 Å². The smallest absolute Gasteiger partial charge is 0.422 e. The van der Waals surface area contributed by atoms with Crippen LogP contribution in [0.2, 0.25) is 0 Å². The molecule has 0 aliphatic heterocycles. The van der Waals surface area contributed by atoms with Gasteiger partial charge in [0, 0.05) is 25.3 Å². The first-order valence-electron chi connectivity index (χ1n) is 8.46. The van der Waals surface area contributed by atoms with Crippen molar-refractivity contribution in [2.45, 2.75) is 24.9 Å². The fraction of sp³-hybridized carbons (Fsp3) is 0.316. The lowest BCUT2D eigenvalue weighted by Crippen LogP contribution is -2.24. The van der Waals surface area contributed by atoms with E-state index in [9.17, 15) is 26.4 Å². The number of halogens is 3. The second-order valence-corrected chi connectivity index (χ2v) is 8.71. The van der Waals surface area contributed by atoms with Crippen molar-refractivity contribution in [2.75, 3.05) is 26.0 Å². The van der Waals surface area contributed by atoms with Gasteiger partial charge >= 0.3 is 6.18 Å². The van der Waals surface area contributed by atoms with Gasteiger partial charge in [-0.15, -0.1) is 0 Å². The van der Waals surface area contributed by atoms with Crippen LogP contribution in [0.1, 0.15) is 21.5 Å². The number of hydrogen-bond donors (Lipinski definition) is 1. The highest BCUT2D eigenvalue weighted by Crippen LogP contribution is 2.25. The number of benzene rings is 2. The van der Waals surface area contributed by atoms with Crippen LogP contribution in [0.15, 0.2) is 41.3 Å². The van der Waals surface area contributed by atoms with E-state index in [4.69, 9.17) is 0 Å². The van der Waals surface area contributed by atoms with Gasteiger partial charge in [0.05, 0.1) is 4.90 Å². The summed E-state index contributed by atoms with van der Waals surface area (Å²) in [4.78, 5) is 12.6. The van der Waals surface area contributed by atoms with Gasteiger partial charge < -0.3 is 10.1 Å². The number of carbonyl (C=O) groups excluding carboxylic acids is 1. The van der Waals surface area contributed by atoms with Gasteiger partial charge in [-0.1, -0.05) is 0 Å². The van der Waals surface area contributed by atoms with E-state index in [2.05, 4.69) is 10.1 Å². The fourth-order valence-electron chi connectivity index (χ4n) is 2.43. The Hall–Kier alpha value is -2.59. The van der Waals surface area contributed by atoms with Crippen LogP contribution in [0.4, 0.5) is 18.9 Å². The van der Waals surface area contributed by atoms with Crippen LogP contribution in [0.5, 0.6) is 5.75 Å². The molecular formula is C19H21F3N2O4S. The predicted octanol–water partition coefficient (Wildman–Crippen LogP) is 3.75. The number of nitrogens with zero attached hydrogens (tertiary/aromatic N) is 1. The highest BCUT2D eigenvalue weighted by atomic mass is 32.2. The quantitative estimate of drug-likeness (QED) is 0.758. The minimum atomic E-state index is -4.44. The molecule has 0 aliphatic carbocycles. The molecule has 0 bridgehead atoms. The fourth-order valence-corrected chi connectivity index (χ4v) is 3.64. The van der Waals surface area contributed by atoms with E-state index in [0.717, 1.165) is 4.31 Å². The molecule has 2 aromatic rings. The number of carbonyl (C=O) groups is 1. The van der Waals surface area contributed by atoms with Crippen molar-refractivity contribution in [2.24, 2.45) is 0 Å². The largest absolute Gasteiger partial charge is 0.484 e. The second-order valence-electron chi connectivity index (χ2n) is 6.59. The molecule has 0 saturated carbocycles. The molecule has 6 nitrogen and oxygen atoms in total. The molecule has 0 fully saturated rings. The monoisotopic (exact) mass is 430 g/mol. The lowest BCUT2D eigenvalue weighted by molar-refractivity contribution is -0.153. The van der Waals surface area contributed by atoms with Crippen LogP contribution >= 0.6 is 0 Å². The van der Waals surface area contributed by atoms with E-state index in [1.54, 1.807) is 19.9 Å². The number of aryl methyl sites for hydroxylation is 1. The summed E-state index contributed by atoms with van der Waals surface area (Å²) < 4.78 is 67.2. The summed E-state index contributed by atoms with van der Waals surface area (Å²) in [6.07, 6.45) is -4.44. The molecule has 29 heavy (non-hydrogen) atoms. The molecule has 0 saturated heterocycles. The summed E-state index contributed by atoms with van der Waals surface area (Å²) in [5, 5.41) is 2.59. The molecule has 1 amide bonds. The molecule has 0 unspecified atom stereocenters. The van der Waals surface area contributed by atoms with Crippen molar-refractivity contribution in [3.05, 3.63) is 53.1 Å². The summed E-state index contributed by atoms with van der Waals surface area (Å²) in [6, 6.07) is 8.24. The third-order valence-electron chi connectivity index (χ3n) is 4.16. The van der Waals surface area contributed by atoms with E-state index >= 15 is 0 Å². The molecule has 0 spiro atoms. The number of anilines is 1. The average molecular weight is 430 g/mol. The molecule has 2 rings (SSSR count). The first-order chi connectivity index (χ1) is 13.3. The number of rotatable bonds is 6. The minimum Gasteiger partial charge on any atom is -0.484 e. The Bertz CT molecular complexity index is 1000. The number of ether oxygens (including phenoxy) is 1. The first-order valence-corrected chi connectivity index (χ1v) is 9.90. The Kier molecular flexibility index (Phi) is 6.59. The number of sulfonamides is 1. The van der Waals surface area contributed by atoms with Gasteiger partial charge in [-0.05, 0) is 61.4 Å². The third kappa shape index (κ3) is 5.70. The Morgan fingerprint density at radius 1 is 1.10 bits per heavy atom. The SMILES string of the molecule is Cc1cc(C(=O)Nc2ccc(OCC(F)(F)F)cc2)cc(S(=O)(=O)N(C)C)c1C. The lowest BCUT2D eigenvalue weighted by atomic mass is 10.1. The highest BCUT2D eigenvalue weighted by molar-refractivity contribution is 7.89. The van der Waals surface area contributed by atoms with Crippen LogP contribution in [-0.2, 0) is 10.0 Å². The second kappa shape index (κ2) is 8.42. The van der Waals surface area contributed by atoms with Crippen LogP contribution < -0.4 is 10.1 Å². The predicted molar refractivity (Wildman–Crippen MR) is 103 cm³/mol. The van der Waals surface area contributed by atoms with Crippen molar-refractivity contribution >= 4 is 21.6 Å². The Morgan fingerprint density at radius 3 is 2.21 bits per heavy atom. The number of nitrogens with one attached hydrogen (secondary N) is 1. The molecule has 0 atom stereocenters. The van der Waals surface area contributed by atoms with Crippen LogP contribution in [-0.4, -0.2) is 45.5 Å². The van der Waals surface area contributed by atoms with Gasteiger partial charge in [0.15, 0.2) is 6.61 Å². The Morgan fingerprint density at radius 2 is 1.69 bits per heavy atom. The van der Waals surface area contributed by atoms with Gasteiger partial charge in [-0.2, -0.15) is 13.2 Å². The van der Waals surface area contributed by atoms with E-state index in [1.807, 2.05) is 0 Å². The molecule has 2 aromatic carbocycles. The van der Waals surface area contributed by atoms with Crippen LogP contribution in [0.25, 0.3) is 0 Å². The zero-order valence-corrected chi connectivity index (χ0v) is 17.1. The summed E-state index contributed by atoms with van der Waals surface area (Å²) in [7, 11) is -0.934. The number of alkyl halides is 3. The molecule has 0 aliphatic rings. The van der Waals surface area contributed by atoms with Crippen molar-refractivity contribution in [1.82, 2.24) is 4.31 Å². The number of amides is 1. The van der Waals surface area contributed by atoms with Gasteiger partial charge in [0.2, 0.25) is 10.0 Å². The van der Waals surface area contributed by atoms with Gasteiger partial charge in [0.1, 0.15) is 5.75 Å². The Balaban J connectivity index is 2.22. The summed E-state index contributed by atoms with van der Waals surface area (Å²) in [5.74, 6) is -0.543. The summed E-state index contributed by atoms with van der Waals surface area (Å²) in [5.41, 5.74) is 1.64. The lowest BCUT2D eigenvalue weighted by Gasteiger charge is -2.16. The molecular weight excluding hydrogens is 409 g/mol. The topological polar surface area (TPSA) is 75.7 Å². The maximum Gasteiger partial charge on any atom is 0.422 e. The van der Waals surface area contributed by atoms with Gasteiger partial charge in [-0.25, -0.2) is 12.7 Å². The first kappa shape index (κ1) is 22.7. The zero-order chi connectivity index (χ0) is 22.0. The maximum absolute atomic E-state index is 12.6. The van der Waals surface area contributed by atoms with Crippen LogP contribution in [0, 0.1) is 13.8 Å². The van der Waals surface area contributed by atoms with Crippen molar-refractivity contribution in [3.8, 4) is 5.75 Å². The van der Waals surface area contributed by atoms with Crippen molar-refractivity contribution < 1.29 is 31.1 Å². The van der Waals surface area contributed by atoms with E-state index in [0.29, 0.717) is 16.8 Å². The van der Waals surface area contributed by atoms with E-state index < -0.39 is 28.7 Å². The summed E-state index contributed by atoms with van der Waals surface area (Å²) in [6.45, 7) is 1.95. The minimum absolute atomic E-state index is 0.00543. The van der Waals surface area contributed by atoms with E-state index in [-0.39, 0.29) is 16.2 Å². The maximum atomic E-state index is 12.6. The number of hydrogen-bond acceptors (Lipinski definition) is 4. The normalized spacial score (nSPS) is 12.1. The standard InChI is InChI=1S/C19H21F3N2O4S/c1-12-9-14(10-17(13(12)2)29(26,27)24(3)4)18(25)23-15-5-7-16(8-6-15)28-11-19(20,21)22/h5-10H,11H2,1-4H3,(H,23,25). The zero-order valence-electron chi connectivity index (χ0n) is 16.3. The third-order valence-corrected chi connectivity index (χ3v) is 6.10. The highest BCUT2D eigenvalue weighted by Gasteiger charge is 2.28. The molecule has 0 radical (unpaired) electrons. The van der Waals surface area contributed by atoms with E-state index in [1.165, 1.54) is 44.4 Å². The molecule has 10 heteroatoms. The van der Waals surface area contributed by atoms with Gasteiger partial charge in [-0.3, -0.25) is 4.79 Å². The molecule has 0 aromatic heterocycles. The van der Waals surface area contributed by atoms with Crippen molar-refractivity contribution in [1.29, 1.82) is 0 Å². The molecule has 158 valence electrons. The average Bonchev–Trinajstić information content (AvgIpc) is 2.62. The van der Waals surface area contributed by atoms with Crippen LogP contribution in [0.3, 0.4) is 0 Å². The summed E-state index contributed by atoms with van der Waals surface area (Å²) >= 11 is 0. The molecule has 1 N–H and O–H groups in total.